The molecule has 2 amide bonds. The van der Waals surface area contributed by atoms with Gasteiger partial charge in [-0.1, -0.05) is 0 Å². The largest absolute Gasteiger partial charge is 0.371 e. The lowest BCUT2D eigenvalue weighted by Gasteiger charge is -2.36. The molecule has 0 saturated carbocycles. The number of halogens is 1. The van der Waals surface area contributed by atoms with Gasteiger partial charge in [0.05, 0.1) is 17.9 Å². The van der Waals surface area contributed by atoms with Gasteiger partial charge in [0.2, 0.25) is 0 Å². The Morgan fingerprint density at radius 3 is 2.41 bits per heavy atom. The number of aromatic nitrogens is 3. The van der Waals surface area contributed by atoms with Crippen LogP contribution in [0.25, 0.3) is 11.4 Å². The van der Waals surface area contributed by atoms with Gasteiger partial charge < -0.3 is 20.3 Å². The SMILES string of the molecule is O=C(Nc1ccncc1)Nc1ccc(-c2nc3c(c(N4CC5CCC(C4)O5)n2)CCN(CCF)C3)cc1. The summed E-state index contributed by atoms with van der Waals surface area (Å²) in [6.45, 7) is 3.15. The number of nitrogens with zero attached hydrogens (tertiary/aromatic N) is 5. The average molecular weight is 504 g/mol. The van der Waals surface area contributed by atoms with Crippen molar-refractivity contribution in [2.24, 2.45) is 0 Å². The van der Waals surface area contributed by atoms with E-state index in [0.29, 0.717) is 30.3 Å². The predicted octanol–water partition coefficient (Wildman–Crippen LogP) is 3.88. The molecule has 0 spiro atoms. The van der Waals surface area contributed by atoms with Gasteiger partial charge in [-0.25, -0.2) is 19.2 Å². The van der Waals surface area contributed by atoms with E-state index < -0.39 is 0 Å². The highest BCUT2D eigenvalue weighted by Gasteiger charge is 2.36. The number of alkyl halides is 1. The summed E-state index contributed by atoms with van der Waals surface area (Å²) < 4.78 is 19.1. The maximum absolute atomic E-state index is 13.1. The first kappa shape index (κ1) is 23.7. The number of benzene rings is 1. The Balaban J connectivity index is 1.25. The number of rotatable bonds is 6. The standard InChI is InChI=1S/C27H30FN7O2/c28-10-14-34-13-9-23-24(17-34)32-25(33-26(23)35-15-21-5-6-22(16-35)37-21)18-1-3-19(4-2-18)30-27(36)31-20-7-11-29-12-8-20/h1-4,7-8,11-12,21-22H,5-6,9-10,13-17H2,(H2,29,30,31,36). The van der Waals surface area contributed by atoms with Crippen LogP contribution in [-0.2, 0) is 17.7 Å². The summed E-state index contributed by atoms with van der Waals surface area (Å²) in [6.07, 6.45) is 6.74. The van der Waals surface area contributed by atoms with Crippen LogP contribution in [0.4, 0.5) is 26.4 Å². The van der Waals surface area contributed by atoms with Crippen molar-refractivity contribution >= 4 is 23.2 Å². The van der Waals surface area contributed by atoms with E-state index in [0.717, 1.165) is 56.0 Å². The molecule has 37 heavy (non-hydrogen) atoms. The molecule has 3 aliphatic rings. The molecule has 2 N–H and O–H groups in total. The lowest BCUT2D eigenvalue weighted by Crippen LogP contribution is -2.44. The van der Waals surface area contributed by atoms with Crippen LogP contribution in [0.15, 0.2) is 48.8 Å². The van der Waals surface area contributed by atoms with Crippen molar-refractivity contribution in [3.8, 4) is 11.4 Å². The average Bonchev–Trinajstić information content (AvgIpc) is 3.26. The van der Waals surface area contributed by atoms with Crippen LogP contribution in [0.3, 0.4) is 0 Å². The van der Waals surface area contributed by atoms with Crippen molar-refractivity contribution < 1.29 is 13.9 Å². The number of amides is 2. The zero-order chi connectivity index (χ0) is 25.2. The van der Waals surface area contributed by atoms with Crippen LogP contribution in [0.1, 0.15) is 24.1 Å². The van der Waals surface area contributed by atoms with Crippen molar-refractivity contribution in [2.45, 2.75) is 38.0 Å². The summed E-state index contributed by atoms with van der Waals surface area (Å²) in [7, 11) is 0. The van der Waals surface area contributed by atoms with E-state index in [1.165, 1.54) is 5.56 Å². The molecule has 192 valence electrons. The molecule has 2 aromatic heterocycles. The molecule has 1 aromatic carbocycles. The number of morpholine rings is 1. The molecule has 2 fully saturated rings. The first-order chi connectivity index (χ1) is 18.1. The summed E-state index contributed by atoms with van der Waals surface area (Å²) in [5.74, 6) is 1.63. The van der Waals surface area contributed by atoms with Gasteiger partial charge in [-0.05, 0) is 55.7 Å². The summed E-state index contributed by atoms with van der Waals surface area (Å²) in [5, 5.41) is 5.62. The van der Waals surface area contributed by atoms with Crippen molar-refractivity contribution in [3.63, 3.8) is 0 Å². The molecule has 3 aliphatic heterocycles. The van der Waals surface area contributed by atoms with E-state index in [1.807, 2.05) is 24.3 Å². The van der Waals surface area contributed by atoms with Crippen LogP contribution in [0, 0.1) is 0 Å². The molecule has 9 nitrogen and oxygen atoms in total. The van der Waals surface area contributed by atoms with E-state index in [2.05, 4.69) is 25.4 Å². The van der Waals surface area contributed by atoms with Gasteiger partial charge in [-0.15, -0.1) is 0 Å². The Kier molecular flexibility index (Phi) is 6.67. The third kappa shape index (κ3) is 5.26. The fourth-order valence-electron chi connectivity index (χ4n) is 5.38. The van der Waals surface area contributed by atoms with Crippen LogP contribution in [-0.4, -0.2) is 70.9 Å². The van der Waals surface area contributed by atoms with Crippen LogP contribution < -0.4 is 15.5 Å². The number of anilines is 3. The molecule has 2 saturated heterocycles. The number of pyridine rings is 1. The number of hydrogen-bond donors (Lipinski definition) is 2. The van der Waals surface area contributed by atoms with Gasteiger partial charge in [0.1, 0.15) is 12.5 Å². The van der Waals surface area contributed by atoms with Crippen molar-refractivity contribution in [3.05, 3.63) is 60.0 Å². The molecule has 2 bridgehead atoms. The smallest absolute Gasteiger partial charge is 0.323 e. The quantitative estimate of drug-likeness (QED) is 0.527. The monoisotopic (exact) mass is 503 g/mol. The second kappa shape index (κ2) is 10.4. The fourth-order valence-corrected chi connectivity index (χ4v) is 5.38. The minimum Gasteiger partial charge on any atom is -0.371 e. The van der Waals surface area contributed by atoms with E-state index in [4.69, 9.17) is 14.7 Å². The number of carbonyl (C=O) groups excluding carboxylic acids is 1. The maximum Gasteiger partial charge on any atom is 0.323 e. The Hall–Kier alpha value is -3.63. The van der Waals surface area contributed by atoms with Crippen molar-refractivity contribution in [1.82, 2.24) is 19.9 Å². The third-order valence-electron chi connectivity index (χ3n) is 7.21. The van der Waals surface area contributed by atoms with Gasteiger partial charge in [0, 0.05) is 67.6 Å². The highest BCUT2D eigenvalue weighted by atomic mass is 19.1. The van der Waals surface area contributed by atoms with Gasteiger partial charge >= 0.3 is 6.03 Å². The molecular weight excluding hydrogens is 473 g/mol. The highest BCUT2D eigenvalue weighted by Crippen LogP contribution is 2.34. The summed E-state index contributed by atoms with van der Waals surface area (Å²) in [4.78, 5) is 30.8. The van der Waals surface area contributed by atoms with Crippen LogP contribution in [0.5, 0.6) is 0 Å². The number of nitrogens with one attached hydrogen (secondary N) is 2. The normalized spacial score (nSPS) is 20.9. The van der Waals surface area contributed by atoms with Crippen LogP contribution in [0.2, 0.25) is 0 Å². The Morgan fingerprint density at radius 2 is 1.70 bits per heavy atom. The number of urea groups is 1. The zero-order valence-corrected chi connectivity index (χ0v) is 20.6. The van der Waals surface area contributed by atoms with Crippen molar-refractivity contribution in [2.75, 3.05) is 48.4 Å². The first-order valence-electron chi connectivity index (χ1n) is 12.8. The first-order valence-corrected chi connectivity index (χ1v) is 12.8. The van der Waals surface area contributed by atoms with Gasteiger partial charge in [0.25, 0.3) is 0 Å². The lowest BCUT2D eigenvalue weighted by atomic mass is 10.0. The van der Waals surface area contributed by atoms with E-state index in [9.17, 15) is 9.18 Å². The zero-order valence-electron chi connectivity index (χ0n) is 20.6. The molecule has 2 unspecified atom stereocenters. The molecular formula is C27H30FN7O2. The van der Waals surface area contributed by atoms with E-state index >= 15 is 0 Å². The third-order valence-corrected chi connectivity index (χ3v) is 7.21. The number of carbonyl (C=O) groups is 1. The molecule has 3 aromatic rings. The van der Waals surface area contributed by atoms with Crippen molar-refractivity contribution in [1.29, 1.82) is 0 Å². The second-order valence-electron chi connectivity index (χ2n) is 9.77. The molecule has 10 heteroatoms. The van der Waals surface area contributed by atoms with Gasteiger partial charge in [-0.3, -0.25) is 9.88 Å². The number of ether oxygens (including phenoxy) is 1. The molecule has 0 aliphatic carbocycles. The van der Waals surface area contributed by atoms with Gasteiger partial charge in [0.15, 0.2) is 5.82 Å². The lowest BCUT2D eigenvalue weighted by molar-refractivity contribution is 0.0301. The molecule has 0 radical (unpaired) electrons. The second-order valence-corrected chi connectivity index (χ2v) is 9.77. The van der Waals surface area contributed by atoms with Crippen LogP contribution >= 0.6 is 0 Å². The summed E-state index contributed by atoms with van der Waals surface area (Å²) in [6, 6.07) is 10.6. The van der Waals surface area contributed by atoms with E-state index in [-0.39, 0.29) is 24.9 Å². The molecule has 6 rings (SSSR count). The Morgan fingerprint density at radius 1 is 1.00 bits per heavy atom. The highest BCUT2D eigenvalue weighted by molar-refractivity contribution is 5.99. The number of fused-ring (bicyclic) bond motifs is 3. The van der Waals surface area contributed by atoms with E-state index in [1.54, 1.807) is 24.5 Å². The minimum atomic E-state index is -0.365. The molecule has 5 heterocycles. The Labute approximate surface area is 215 Å². The summed E-state index contributed by atoms with van der Waals surface area (Å²) in [5.41, 5.74) is 4.33. The molecule has 2 atom stereocenters. The fraction of sp³-hybridized carbons (Fsp3) is 0.407. The number of hydrogen-bond acceptors (Lipinski definition) is 7. The maximum atomic E-state index is 13.1. The predicted molar refractivity (Wildman–Crippen MR) is 139 cm³/mol. The Bertz CT molecular complexity index is 1250. The topological polar surface area (TPSA) is 95.5 Å². The minimum absolute atomic E-state index is 0.253. The summed E-state index contributed by atoms with van der Waals surface area (Å²) >= 11 is 0. The van der Waals surface area contributed by atoms with Gasteiger partial charge in [-0.2, -0.15) is 0 Å².